The highest BCUT2D eigenvalue weighted by Gasteiger charge is 2.12. The monoisotopic (exact) mass is 241 g/mol. The first-order chi connectivity index (χ1) is 7.69. The average molecular weight is 242 g/mol. The first kappa shape index (κ1) is 12.8. The Balaban J connectivity index is 2.72. The van der Waals surface area contributed by atoms with E-state index < -0.39 is 0 Å². The fourth-order valence-corrected chi connectivity index (χ4v) is 1.67. The smallest absolute Gasteiger partial charge is 0.221 e. The van der Waals surface area contributed by atoms with E-state index in [0.717, 1.165) is 11.3 Å². The molecule has 0 unspecified atom stereocenters. The Kier molecular flexibility index (Phi) is 5.12. The number of ether oxygens (including phenoxy) is 1. The molecular weight excluding hydrogens is 226 g/mol. The summed E-state index contributed by atoms with van der Waals surface area (Å²) in [5.41, 5.74) is 0.966. The number of amides is 1. The van der Waals surface area contributed by atoms with Gasteiger partial charge in [0.25, 0.3) is 0 Å². The Bertz CT molecular complexity index is 355. The first-order valence-corrected chi connectivity index (χ1v) is 5.70. The molecule has 1 amide bonds. The second-order valence-corrected chi connectivity index (χ2v) is 3.85. The van der Waals surface area contributed by atoms with Crippen molar-refractivity contribution in [3.63, 3.8) is 0 Å². The SMILES string of the molecule is COc1ccccc1[C@@H](C)NC(=O)CCCl. The van der Waals surface area contributed by atoms with E-state index in [4.69, 9.17) is 16.3 Å². The van der Waals surface area contributed by atoms with E-state index in [-0.39, 0.29) is 11.9 Å². The summed E-state index contributed by atoms with van der Waals surface area (Å²) < 4.78 is 5.23. The van der Waals surface area contributed by atoms with E-state index in [9.17, 15) is 4.79 Å². The molecule has 0 spiro atoms. The van der Waals surface area contributed by atoms with E-state index >= 15 is 0 Å². The topological polar surface area (TPSA) is 38.3 Å². The summed E-state index contributed by atoms with van der Waals surface area (Å²) >= 11 is 5.50. The van der Waals surface area contributed by atoms with E-state index in [0.29, 0.717) is 12.3 Å². The van der Waals surface area contributed by atoms with Gasteiger partial charge < -0.3 is 10.1 Å². The van der Waals surface area contributed by atoms with Crippen LogP contribution in [0.3, 0.4) is 0 Å². The first-order valence-electron chi connectivity index (χ1n) is 5.17. The third kappa shape index (κ3) is 3.42. The number of hydrogen-bond acceptors (Lipinski definition) is 2. The van der Waals surface area contributed by atoms with Crippen LogP contribution in [0.4, 0.5) is 0 Å². The Morgan fingerprint density at radius 2 is 2.19 bits per heavy atom. The van der Waals surface area contributed by atoms with Crippen molar-refractivity contribution in [2.45, 2.75) is 19.4 Å². The molecule has 88 valence electrons. The maximum atomic E-state index is 11.4. The molecule has 0 saturated carbocycles. The van der Waals surface area contributed by atoms with Crippen LogP contribution in [0.15, 0.2) is 24.3 Å². The lowest BCUT2D eigenvalue weighted by atomic mass is 10.1. The molecule has 1 N–H and O–H groups in total. The van der Waals surface area contributed by atoms with Crippen molar-refractivity contribution in [1.82, 2.24) is 5.32 Å². The second-order valence-electron chi connectivity index (χ2n) is 3.47. The molecule has 4 heteroatoms. The van der Waals surface area contributed by atoms with Gasteiger partial charge in [0, 0.05) is 17.9 Å². The molecule has 0 bridgehead atoms. The van der Waals surface area contributed by atoms with Crippen molar-refractivity contribution in [3.05, 3.63) is 29.8 Å². The van der Waals surface area contributed by atoms with Crippen molar-refractivity contribution in [2.24, 2.45) is 0 Å². The number of hydrogen-bond donors (Lipinski definition) is 1. The third-order valence-corrected chi connectivity index (χ3v) is 2.49. The molecule has 0 fully saturated rings. The number of benzene rings is 1. The zero-order valence-electron chi connectivity index (χ0n) is 9.50. The van der Waals surface area contributed by atoms with Gasteiger partial charge in [-0.05, 0) is 13.0 Å². The van der Waals surface area contributed by atoms with Crippen LogP contribution in [0.5, 0.6) is 5.75 Å². The van der Waals surface area contributed by atoms with Crippen molar-refractivity contribution < 1.29 is 9.53 Å². The number of rotatable bonds is 5. The zero-order valence-corrected chi connectivity index (χ0v) is 10.3. The normalized spacial score (nSPS) is 11.9. The number of para-hydroxylation sites is 1. The Labute approximate surface area is 101 Å². The van der Waals surface area contributed by atoms with Gasteiger partial charge in [-0.3, -0.25) is 4.79 Å². The standard InChI is InChI=1S/C12H16ClNO2/c1-9(14-12(15)7-8-13)10-5-3-4-6-11(10)16-2/h3-6,9H,7-8H2,1-2H3,(H,14,15)/t9-/m1/s1. The minimum absolute atomic E-state index is 0.0478. The molecule has 0 aromatic heterocycles. The summed E-state index contributed by atoms with van der Waals surface area (Å²) in [5, 5.41) is 2.87. The highest BCUT2D eigenvalue weighted by molar-refractivity contribution is 6.18. The van der Waals surface area contributed by atoms with Crippen molar-refractivity contribution in [2.75, 3.05) is 13.0 Å². The summed E-state index contributed by atoms with van der Waals surface area (Å²) in [6, 6.07) is 7.55. The molecule has 0 heterocycles. The lowest BCUT2D eigenvalue weighted by Gasteiger charge is -2.16. The van der Waals surface area contributed by atoms with Crippen LogP contribution < -0.4 is 10.1 Å². The van der Waals surface area contributed by atoms with Crippen LogP contribution in [0.1, 0.15) is 24.9 Å². The van der Waals surface area contributed by atoms with Gasteiger partial charge in [-0.1, -0.05) is 18.2 Å². The largest absolute Gasteiger partial charge is 0.496 e. The molecule has 0 saturated heterocycles. The molecule has 16 heavy (non-hydrogen) atoms. The molecule has 3 nitrogen and oxygen atoms in total. The molecule has 1 rings (SSSR count). The molecule has 0 aliphatic heterocycles. The van der Waals surface area contributed by atoms with Gasteiger partial charge in [0.2, 0.25) is 5.91 Å². The van der Waals surface area contributed by atoms with Crippen LogP contribution in [0, 0.1) is 0 Å². The molecule has 0 radical (unpaired) electrons. The highest BCUT2D eigenvalue weighted by atomic mass is 35.5. The van der Waals surface area contributed by atoms with Gasteiger partial charge in [-0.15, -0.1) is 11.6 Å². The lowest BCUT2D eigenvalue weighted by Crippen LogP contribution is -2.26. The number of nitrogens with one attached hydrogen (secondary N) is 1. The minimum Gasteiger partial charge on any atom is -0.496 e. The van der Waals surface area contributed by atoms with Gasteiger partial charge in [-0.25, -0.2) is 0 Å². The third-order valence-electron chi connectivity index (χ3n) is 2.30. The van der Waals surface area contributed by atoms with E-state index in [2.05, 4.69) is 5.32 Å². The van der Waals surface area contributed by atoms with Crippen molar-refractivity contribution in [3.8, 4) is 5.75 Å². The summed E-state index contributed by atoms with van der Waals surface area (Å²) in [5.74, 6) is 1.07. The van der Waals surface area contributed by atoms with E-state index in [1.54, 1.807) is 7.11 Å². The second kappa shape index (κ2) is 6.38. The van der Waals surface area contributed by atoms with Gasteiger partial charge in [0.1, 0.15) is 5.75 Å². The predicted octanol–water partition coefficient (Wildman–Crippen LogP) is 2.50. The summed E-state index contributed by atoms with van der Waals surface area (Å²) in [6.45, 7) is 1.92. The Morgan fingerprint density at radius 3 is 2.81 bits per heavy atom. The molecule has 0 aliphatic rings. The number of alkyl halides is 1. The molecule has 1 aromatic rings. The van der Waals surface area contributed by atoms with E-state index in [1.165, 1.54) is 0 Å². The molecule has 1 aromatic carbocycles. The molecule has 0 aliphatic carbocycles. The molecule has 1 atom stereocenters. The Morgan fingerprint density at radius 1 is 1.50 bits per heavy atom. The fraction of sp³-hybridized carbons (Fsp3) is 0.417. The average Bonchev–Trinajstić information content (AvgIpc) is 2.29. The fourth-order valence-electron chi connectivity index (χ4n) is 1.50. The van der Waals surface area contributed by atoms with Crippen LogP contribution in [0.2, 0.25) is 0 Å². The van der Waals surface area contributed by atoms with Crippen molar-refractivity contribution >= 4 is 17.5 Å². The summed E-state index contributed by atoms with van der Waals surface area (Å²) in [7, 11) is 1.62. The van der Waals surface area contributed by atoms with E-state index in [1.807, 2.05) is 31.2 Å². The minimum atomic E-state index is -0.0770. The highest BCUT2D eigenvalue weighted by Crippen LogP contribution is 2.24. The summed E-state index contributed by atoms with van der Waals surface area (Å²) in [4.78, 5) is 11.4. The number of carbonyl (C=O) groups excluding carboxylic acids is 1. The number of methoxy groups -OCH3 is 1. The predicted molar refractivity (Wildman–Crippen MR) is 64.9 cm³/mol. The maximum Gasteiger partial charge on any atom is 0.221 e. The number of halogens is 1. The Hall–Kier alpha value is -1.22. The van der Waals surface area contributed by atoms with Crippen LogP contribution in [0.25, 0.3) is 0 Å². The molecular formula is C12H16ClNO2. The number of carbonyl (C=O) groups is 1. The van der Waals surface area contributed by atoms with Gasteiger partial charge >= 0.3 is 0 Å². The van der Waals surface area contributed by atoms with Crippen molar-refractivity contribution in [1.29, 1.82) is 0 Å². The van der Waals surface area contributed by atoms with Crippen LogP contribution in [-0.2, 0) is 4.79 Å². The maximum absolute atomic E-state index is 11.4. The summed E-state index contributed by atoms with van der Waals surface area (Å²) in [6.07, 6.45) is 0.334. The van der Waals surface area contributed by atoms with Gasteiger partial charge in [-0.2, -0.15) is 0 Å². The zero-order chi connectivity index (χ0) is 12.0. The quantitative estimate of drug-likeness (QED) is 0.805. The van der Waals surface area contributed by atoms with Gasteiger partial charge in [0.05, 0.1) is 13.2 Å². The van der Waals surface area contributed by atoms with Crippen LogP contribution in [-0.4, -0.2) is 18.9 Å². The van der Waals surface area contributed by atoms with Crippen LogP contribution >= 0.6 is 11.6 Å². The van der Waals surface area contributed by atoms with Gasteiger partial charge in [0.15, 0.2) is 0 Å². The lowest BCUT2D eigenvalue weighted by molar-refractivity contribution is -0.121.